The Morgan fingerprint density at radius 3 is 2.67 bits per heavy atom. The molecule has 4 heteroatoms. The molecule has 0 amide bonds. The van der Waals surface area contributed by atoms with Gasteiger partial charge in [0.2, 0.25) is 0 Å². The smallest absolute Gasteiger partial charge is 0.186 e. The van der Waals surface area contributed by atoms with Crippen LogP contribution in [0.4, 0.5) is 8.78 Å². The molecule has 0 bridgehead atoms. The summed E-state index contributed by atoms with van der Waals surface area (Å²) in [7, 11) is 0. The van der Waals surface area contributed by atoms with Crippen LogP contribution < -0.4 is 0 Å². The van der Waals surface area contributed by atoms with Crippen LogP contribution in [0, 0.1) is 11.6 Å². The summed E-state index contributed by atoms with van der Waals surface area (Å²) in [6.45, 7) is 2.18. The molecule has 1 heterocycles. The van der Waals surface area contributed by atoms with Gasteiger partial charge in [-0.15, -0.1) is 0 Å². The van der Waals surface area contributed by atoms with Gasteiger partial charge >= 0.3 is 0 Å². The van der Waals surface area contributed by atoms with Crippen molar-refractivity contribution in [2.75, 3.05) is 0 Å². The molecule has 0 fully saturated rings. The number of nitrogens with one attached hydrogen (secondary N) is 1. The zero-order chi connectivity index (χ0) is 13.0. The van der Waals surface area contributed by atoms with Gasteiger partial charge in [0.25, 0.3) is 0 Å². The molecule has 0 unspecified atom stereocenters. The van der Waals surface area contributed by atoms with Crippen LogP contribution in [0.2, 0.25) is 0 Å². The molecule has 0 aliphatic heterocycles. The summed E-state index contributed by atoms with van der Waals surface area (Å²) in [5.74, 6) is -0.963. The fraction of sp³-hybridized carbons (Fsp3) is 0.500. The molecule has 0 saturated heterocycles. The van der Waals surface area contributed by atoms with E-state index in [4.69, 9.17) is 0 Å². The van der Waals surface area contributed by atoms with Gasteiger partial charge in [0.05, 0.1) is 5.52 Å². The highest BCUT2D eigenvalue weighted by molar-refractivity contribution is 5.75. The average molecular weight is 252 g/mol. The number of hydrogen-bond acceptors (Lipinski definition) is 1. The van der Waals surface area contributed by atoms with E-state index in [1.54, 1.807) is 0 Å². The van der Waals surface area contributed by atoms with Gasteiger partial charge in [0.1, 0.15) is 11.3 Å². The second-order valence-corrected chi connectivity index (χ2v) is 4.61. The Balaban J connectivity index is 2.00. The lowest BCUT2D eigenvalue weighted by atomic mass is 10.1. The van der Waals surface area contributed by atoms with Gasteiger partial charge in [0.15, 0.2) is 11.6 Å². The highest BCUT2D eigenvalue weighted by atomic mass is 19.2. The van der Waals surface area contributed by atoms with Crippen LogP contribution in [-0.2, 0) is 6.42 Å². The summed E-state index contributed by atoms with van der Waals surface area (Å²) in [6.07, 6.45) is 6.67. The maximum absolute atomic E-state index is 13.4. The predicted molar refractivity (Wildman–Crippen MR) is 68.5 cm³/mol. The number of fused-ring (bicyclic) bond motifs is 1. The lowest BCUT2D eigenvalue weighted by Gasteiger charge is -1.97. The molecule has 18 heavy (non-hydrogen) atoms. The topological polar surface area (TPSA) is 28.7 Å². The van der Waals surface area contributed by atoms with Gasteiger partial charge in [-0.2, -0.15) is 0 Å². The first kappa shape index (κ1) is 13.0. The largest absolute Gasteiger partial charge is 0.342 e. The van der Waals surface area contributed by atoms with E-state index in [1.165, 1.54) is 25.3 Å². The van der Waals surface area contributed by atoms with E-state index in [0.717, 1.165) is 31.2 Å². The zero-order valence-electron chi connectivity index (χ0n) is 10.6. The molecule has 0 saturated carbocycles. The molecule has 98 valence electrons. The van der Waals surface area contributed by atoms with Crippen LogP contribution in [0.5, 0.6) is 0 Å². The number of aromatic amines is 1. The van der Waals surface area contributed by atoms with E-state index in [2.05, 4.69) is 16.9 Å². The summed E-state index contributed by atoms with van der Waals surface area (Å²) in [5.41, 5.74) is 0.677. The molecule has 0 aliphatic rings. The van der Waals surface area contributed by atoms with Gasteiger partial charge in [0, 0.05) is 6.42 Å². The molecule has 0 spiro atoms. The van der Waals surface area contributed by atoms with Gasteiger partial charge in [-0.1, -0.05) is 32.6 Å². The van der Waals surface area contributed by atoms with E-state index in [9.17, 15) is 8.78 Å². The lowest BCUT2D eigenvalue weighted by Crippen LogP contribution is -1.88. The standard InChI is InChI=1S/C14H18F2N2/c1-2-3-4-5-6-7-12-17-11-9-8-10(15)13(16)14(11)18-12/h8-9H,2-7H2,1H3,(H,17,18). The van der Waals surface area contributed by atoms with Crippen molar-refractivity contribution in [1.29, 1.82) is 0 Å². The average Bonchev–Trinajstić information content (AvgIpc) is 2.78. The Bertz CT molecular complexity index is 520. The minimum Gasteiger partial charge on any atom is -0.342 e. The van der Waals surface area contributed by atoms with Crippen molar-refractivity contribution in [3.63, 3.8) is 0 Å². The number of benzene rings is 1. The van der Waals surface area contributed by atoms with Crippen molar-refractivity contribution >= 4 is 11.0 Å². The van der Waals surface area contributed by atoms with Crippen LogP contribution in [0.25, 0.3) is 11.0 Å². The number of halogens is 2. The normalized spacial score (nSPS) is 11.3. The van der Waals surface area contributed by atoms with E-state index >= 15 is 0 Å². The number of imidazole rings is 1. The number of hydrogen-bond donors (Lipinski definition) is 1. The quantitative estimate of drug-likeness (QED) is 0.760. The van der Waals surface area contributed by atoms with Crippen molar-refractivity contribution < 1.29 is 8.78 Å². The summed E-state index contributed by atoms with van der Waals surface area (Å²) in [5, 5.41) is 0. The minimum atomic E-state index is -0.860. The molecular weight excluding hydrogens is 234 g/mol. The van der Waals surface area contributed by atoms with Crippen molar-refractivity contribution in [3.8, 4) is 0 Å². The van der Waals surface area contributed by atoms with Crippen LogP contribution >= 0.6 is 0 Å². The molecule has 1 N–H and O–H groups in total. The maximum Gasteiger partial charge on any atom is 0.186 e. The number of aryl methyl sites for hydroxylation is 1. The van der Waals surface area contributed by atoms with Crippen molar-refractivity contribution in [3.05, 3.63) is 29.6 Å². The zero-order valence-corrected chi connectivity index (χ0v) is 10.6. The summed E-state index contributed by atoms with van der Waals surface area (Å²) in [6, 6.07) is 2.65. The van der Waals surface area contributed by atoms with Crippen LogP contribution in [0.15, 0.2) is 12.1 Å². The Kier molecular flexibility index (Phi) is 4.28. The van der Waals surface area contributed by atoms with Crippen molar-refractivity contribution in [1.82, 2.24) is 9.97 Å². The molecule has 2 nitrogen and oxygen atoms in total. The van der Waals surface area contributed by atoms with E-state index in [0.29, 0.717) is 5.52 Å². The maximum atomic E-state index is 13.4. The van der Waals surface area contributed by atoms with E-state index in [1.807, 2.05) is 0 Å². The second-order valence-electron chi connectivity index (χ2n) is 4.61. The summed E-state index contributed by atoms with van der Waals surface area (Å²) >= 11 is 0. The SMILES string of the molecule is CCCCCCCc1nc2c(F)c(F)ccc2[nH]1. The third kappa shape index (κ3) is 2.86. The second kappa shape index (κ2) is 5.94. The molecule has 0 atom stereocenters. The number of aromatic nitrogens is 2. The van der Waals surface area contributed by atoms with Crippen molar-refractivity contribution in [2.24, 2.45) is 0 Å². The molecular formula is C14H18F2N2. The van der Waals surface area contributed by atoms with Gasteiger partial charge in [-0.25, -0.2) is 13.8 Å². The molecule has 2 aromatic rings. The van der Waals surface area contributed by atoms with Gasteiger partial charge < -0.3 is 4.98 Å². The van der Waals surface area contributed by atoms with E-state index < -0.39 is 11.6 Å². The molecule has 1 aromatic carbocycles. The highest BCUT2D eigenvalue weighted by Gasteiger charge is 2.11. The highest BCUT2D eigenvalue weighted by Crippen LogP contribution is 2.19. The third-order valence-electron chi connectivity index (χ3n) is 3.11. The van der Waals surface area contributed by atoms with Crippen molar-refractivity contribution in [2.45, 2.75) is 45.4 Å². The fourth-order valence-corrected chi connectivity index (χ4v) is 2.08. The summed E-state index contributed by atoms with van der Waals surface area (Å²) in [4.78, 5) is 7.16. The first-order valence-electron chi connectivity index (χ1n) is 6.55. The lowest BCUT2D eigenvalue weighted by molar-refractivity contribution is 0.515. The fourth-order valence-electron chi connectivity index (χ4n) is 2.08. The van der Waals surface area contributed by atoms with Gasteiger partial charge in [-0.3, -0.25) is 0 Å². The first-order valence-corrected chi connectivity index (χ1v) is 6.55. The Morgan fingerprint density at radius 2 is 1.89 bits per heavy atom. The Morgan fingerprint density at radius 1 is 1.11 bits per heavy atom. The number of rotatable bonds is 6. The number of unbranched alkanes of at least 4 members (excludes halogenated alkanes) is 4. The van der Waals surface area contributed by atoms with Gasteiger partial charge in [-0.05, 0) is 18.6 Å². The molecule has 0 radical (unpaired) electrons. The van der Waals surface area contributed by atoms with E-state index in [-0.39, 0.29) is 5.52 Å². The minimum absolute atomic E-state index is 0.110. The molecule has 1 aromatic heterocycles. The molecule has 2 rings (SSSR count). The van der Waals surface area contributed by atoms with Crippen LogP contribution in [0.1, 0.15) is 44.9 Å². The Hall–Kier alpha value is -1.45. The number of H-pyrrole nitrogens is 1. The Labute approximate surface area is 105 Å². The summed E-state index contributed by atoms with van der Waals surface area (Å²) < 4.78 is 26.5. The first-order chi connectivity index (χ1) is 8.72. The predicted octanol–water partition coefficient (Wildman–Crippen LogP) is 4.35. The van der Waals surface area contributed by atoms with Crippen LogP contribution in [-0.4, -0.2) is 9.97 Å². The van der Waals surface area contributed by atoms with Crippen LogP contribution in [0.3, 0.4) is 0 Å². The monoisotopic (exact) mass is 252 g/mol. The number of nitrogens with zero attached hydrogens (tertiary/aromatic N) is 1. The molecule has 0 aliphatic carbocycles. The third-order valence-corrected chi connectivity index (χ3v) is 3.11.